The summed E-state index contributed by atoms with van der Waals surface area (Å²) in [7, 11) is 0. The number of hydrogen-bond donors (Lipinski definition) is 0. The lowest BCUT2D eigenvalue weighted by Gasteiger charge is -2.36. The maximum absolute atomic E-state index is 12.5. The molecule has 0 radical (unpaired) electrons. The molecular weight excluding hydrogens is 400 g/mol. The van der Waals surface area contributed by atoms with Crippen molar-refractivity contribution in [3.63, 3.8) is 0 Å². The molecular formula is C28H50O4. The highest BCUT2D eigenvalue weighted by Gasteiger charge is 2.35. The average Bonchev–Trinajstić information content (AvgIpc) is 2.72. The molecule has 0 spiro atoms. The first kappa shape index (κ1) is 27.2. The second-order valence-corrected chi connectivity index (χ2v) is 12.9. The van der Waals surface area contributed by atoms with Gasteiger partial charge in [0.2, 0.25) is 0 Å². The van der Waals surface area contributed by atoms with Gasteiger partial charge in [0.05, 0.1) is 25.0 Å². The molecule has 0 saturated heterocycles. The van der Waals surface area contributed by atoms with Gasteiger partial charge in [0.15, 0.2) is 0 Å². The fourth-order valence-corrected chi connectivity index (χ4v) is 5.48. The maximum atomic E-state index is 12.5. The number of esters is 2. The third-order valence-corrected chi connectivity index (χ3v) is 8.17. The summed E-state index contributed by atoms with van der Waals surface area (Å²) in [4.78, 5) is 25.1. The molecule has 0 N–H and O–H groups in total. The predicted octanol–water partition coefficient (Wildman–Crippen LogP) is 7.19. The van der Waals surface area contributed by atoms with E-state index in [4.69, 9.17) is 9.47 Å². The molecule has 32 heavy (non-hydrogen) atoms. The predicted molar refractivity (Wildman–Crippen MR) is 130 cm³/mol. The number of carbonyl (C=O) groups excluding carboxylic acids is 2. The number of hydrogen-bond acceptors (Lipinski definition) is 4. The van der Waals surface area contributed by atoms with Crippen molar-refractivity contribution < 1.29 is 19.1 Å². The van der Waals surface area contributed by atoms with Gasteiger partial charge in [0.1, 0.15) is 0 Å². The van der Waals surface area contributed by atoms with Gasteiger partial charge in [0, 0.05) is 0 Å². The maximum Gasteiger partial charge on any atom is 0.308 e. The van der Waals surface area contributed by atoms with Gasteiger partial charge >= 0.3 is 11.9 Å². The number of rotatable bonds is 8. The van der Waals surface area contributed by atoms with E-state index in [0.717, 1.165) is 51.4 Å². The van der Waals surface area contributed by atoms with Crippen molar-refractivity contribution in [3.05, 3.63) is 0 Å². The Kier molecular flexibility index (Phi) is 10.1. The van der Waals surface area contributed by atoms with E-state index >= 15 is 0 Å². The van der Waals surface area contributed by atoms with Crippen LogP contribution in [-0.2, 0) is 19.1 Å². The summed E-state index contributed by atoms with van der Waals surface area (Å²) >= 11 is 0. The Labute approximate surface area is 197 Å². The standard InChI is InChI=1S/C28H50O4/c1-20(14-16-31-25(29)21-10-8-12-23(18-21)27(2,3)4)15-17-32-26(30)22-11-9-13-24(19-22)28(5,6)7/h20-24H,8-19H2,1-7H3. The van der Waals surface area contributed by atoms with Gasteiger partial charge in [-0.15, -0.1) is 0 Å². The van der Waals surface area contributed by atoms with Crippen LogP contribution in [0, 0.1) is 40.4 Å². The molecule has 4 atom stereocenters. The van der Waals surface area contributed by atoms with Gasteiger partial charge in [-0.05, 0) is 80.0 Å². The molecule has 2 aliphatic rings. The molecule has 2 fully saturated rings. The van der Waals surface area contributed by atoms with Crippen LogP contribution in [0.15, 0.2) is 0 Å². The molecule has 2 rings (SSSR count). The van der Waals surface area contributed by atoms with Crippen molar-refractivity contribution >= 4 is 11.9 Å². The summed E-state index contributed by atoms with van der Waals surface area (Å²) in [6.07, 6.45) is 10.2. The Morgan fingerprint density at radius 3 is 1.44 bits per heavy atom. The van der Waals surface area contributed by atoms with Crippen LogP contribution < -0.4 is 0 Å². The Morgan fingerprint density at radius 2 is 1.09 bits per heavy atom. The van der Waals surface area contributed by atoms with Crippen LogP contribution in [0.2, 0.25) is 0 Å². The molecule has 2 saturated carbocycles. The minimum atomic E-state index is -0.0109. The zero-order chi connectivity index (χ0) is 23.9. The first-order valence-corrected chi connectivity index (χ1v) is 13.2. The highest BCUT2D eigenvalue weighted by atomic mass is 16.5. The van der Waals surface area contributed by atoms with E-state index in [2.05, 4.69) is 48.5 Å². The van der Waals surface area contributed by atoms with Crippen LogP contribution >= 0.6 is 0 Å². The monoisotopic (exact) mass is 450 g/mol. The van der Waals surface area contributed by atoms with Gasteiger partial charge in [-0.2, -0.15) is 0 Å². The topological polar surface area (TPSA) is 52.6 Å². The van der Waals surface area contributed by atoms with Gasteiger partial charge in [0.25, 0.3) is 0 Å². The highest BCUT2D eigenvalue weighted by molar-refractivity contribution is 5.73. The number of ether oxygens (including phenoxy) is 2. The normalized spacial score (nSPS) is 28.1. The quantitative estimate of drug-likeness (QED) is 0.367. The Morgan fingerprint density at radius 1 is 0.719 bits per heavy atom. The molecule has 0 aromatic heterocycles. The van der Waals surface area contributed by atoms with Crippen molar-refractivity contribution in [2.75, 3.05) is 13.2 Å². The van der Waals surface area contributed by atoms with E-state index in [9.17, 15) is 9.59 Å². The van der Waals surface area contributed by atoms with Crippen LogP contribution in [0.1, 0.15) is 113 Å². The van der Waals surface area contributed by atoms with E-state index in [0.29, 0.717) is 31.0 Å². The van der Waals surface area contributed by atoms with Crippen molar-refractivity contribution in [3.8, 4) is 0 Å². The van der Waals surface area contributed by atoms with E-state index in [1.807, 2.05) is 0 Å². The van der Waals surface area contributed by atoms with Crippen molar-refractivity contribution in [1.29, 1.82) is 0 Å². The molecule has 0 bridgehead atoms. The lowest BCUT2D eigenvalue weighted by Crippen LogP contribution is -2.31. The largest absolute Gasteiger partial charge is 0.465 e. The first-order chi connectivity index (χ1) is 14.9. The summed E-state index contributed by atoms with van der Waals surface area (Å²) < 4.78 is 11.3. The van der Waals surface area contributed by atoms with Crippen LogP contribution in [0.4, 0.5) is 0 Å². The summed E-state index contributed by atoms with van der Waals surface area (Å²) in [6, 6.07) is 0. The van der Waals surface area contributed by atoms with E-state index in [1.165, 1.54) is 12.8 Å². The van der Waals surface area contributed by atoms with Crippen molar-refractivity contribution in [2.45, 2.75) is 113 Å². The molecule has 0 aromatic rings. The molecule has 4 heteroatoms. The van der Waals surface area contributed by atoms with Crippen LogP contribution in [0.5, 0.6) is 0 Å². The van der Waals surface area contributed by atoms with Crippen LogP contribution in [0.3, 0.4) is 0 Å². The van der Waals surface area contributed by atoms with Crippen LogP contribution in [0.25, 0.3) is 0 Å². The van der Waals surface area contributed by atoms with Gasteiger partial charge in [-0.25, -0.2) is 0 Å². The van der Waals surface area contributed by atoms with Crippen molar-refractivity contribution in [2.24, 2.45) is 40.4 Å². The third-order valence-electron chi connectivity index (χ3n) is 8.17. The average molecular weight is 451 g/mol. The van der Waals surface area contributed by atoms with Gasteiger partial charge in [-0.3, -0.25) is 9.59 Å². The number of carbonyl (C=O) groups is 2. The van der Waals surface area contributed by atoms with Gasteiger partial charge < -0.3 is 9.47 Å². The Balaban J connectivity index is 1.62. The van der Waals surface area contributed by atoms with E-state index < -0.39 is 0 Å². The molecule has 0 heterocycles. The smallest absolute Gasteiger partial charge is 0.308 e. The fourth-order valence-electron chi connectivity index (χ4n) is 5.48. The molecule has 4 unspecified atom stereocenters. The summed E-state index contributed by atoms with van der Waals surface area (Å²) in [5.41, 5.74) is 0.520. The molecule has 0 aliphatic heterocycles. The summed E-state index contributed by atoms with van der Waals surface area (Å²) in [5.74, 6) is 1.69. The van der Waals surface area contributed by atoms with Crippen molar-refractivity contribution in [1.82, 2.24) is 0 Å². The summed E-state index contributed by atoms with van der Waals surface area (Å²) in [5, 5.41) is 0. The molecule has 4 nitrogen and oxygen atoms in total. The third kappa shape index (κ3) is 8.71. The van der Waals surface area contributed by atoms with E-state index in [1.54, 1.807) is 0 Å². The van der Waals surface area contributed by atoms with E-state index in [-0.39, 0.29) is 34.6 Å². The lowest BCUT2D eigenvalue weighted by molar-refractivity contribution is -0.151. The second-order valence-electron chi connectivity index (χ2n) is 12.9. The minimum absolute atomic E-state index is 0.0109. The minimum Gasteiger partial charge on any atom is -0.465 e. The molecule has 186 valence electrons. The SMILES string of the molecule is CC(CCOC(=O)C1CCCC(C(C)(C)C)C1)CCOC(=O)C1CCCC(C(C)(C)C)C1. The fraction of sp³-hybridized carbons (Fsp3) is 0.929. The zero-order valence-corrected chi connectivity index (χ0v) is 22.0. The first-order valence-electron chi connectivity index (χ1n) is 13.2. The van der Waals surface area contributed by atoms with Gasteiger partial charge in [-0.1, -0.05) is 61.3 Å². The summed E-state index contributed by atoms with van der Waals surface area (Å²) in [6.45, 7) is 16.7. The Bertz CT molecular complexity index is 546. The molecule has 2 aliphatic carbocycles. The highest BCUT2D eigenvalue weighted by Crippen LogP contribution is 2.41. The molecule has 0 aromatic carbocycles. The molecule has 0 amide bonds. The lowest BCUT2D eigenvalue weighted by atomic mass is 9.69. The zero-order valence-electron chi connectivity index (χ0n) is 22.0. The Hall–Kier alpha value is -1.06. The van der Waals surface area contributed by atoms with Crippen LogP contribution in [-0.4, -0.2) is 25.2 Å². The second kappa shape index (κ2) is 11.9.